The summed E-state index contributed by atoms with van der Waals surface area (Å²) in [4.78, 5) is 11.0. The predicted molar refractivity (Wildman–Crippen MR) is 67.9 cm³/mol. The van der Waals surface area contributed by atoms with Gasteiger partial charge in [-0.25, -0.2) is 0 Å². The molecule has 1 saturated carbocycles. The van der Waals surface area contributed by atoms with Crippen LogP contribution in [-0.4, -0.2) is 16.6 Å². The first-order valence-corrected chi connectivity index (χ1v) is 6.11. The summed E-state index contributed by atoms with van der Waals surface area (Å²) in [7, 11) is 0. The van der Waals surface area contributed by atoms with Gasteiger partial charge in [0.25, 0.3) is 0 Å². The van der Waals surface area contributed by atoms with Crippen molar-refractivity contribution >= 4 is 18.4 Å². The van der Waals surface area contributed by atoms with Crippen LogP contribution in [0, 0.1) is 5.92 Å². The SMILES string of the molecule is CC[C@](N)(CCC1CCCCC1)C(=O)O.Cl. The van der Waals surface area contributed by atoms with Gasteiger partial charge in [-0.05, 0) is 25.2 Å². The Morgan fingerprint density at radius 2 is 1.94 bits per heavy atom. The van der Waals surface area contributed by atoms with E-state index in [4.69, 9.17) is 10.8 Å². The third-order valence-corrected chi connectivity index (χ3v) is 3.78. The zero-order valence-electron chi connectivity index (χ0n) is 10.1. The molecule has 0 amide bonds. The summed E-state index contributed by atoms with van der Waals surface area (Å²) < 4.78 is 0. The lowest BCUT2D eigenvalue weighted by Gasteiger charge is -2.27. The Labute approximate surface area is 104 Å². The smallest absolute Gasteiger partial charge is 0.323 e. The standard InChI is InChI=1S/C12H23NO2.ClH/c1-2-12(13,11(14)15)9-8-10-6-4-3-5-7-10;/h10H,2-9,13H2,1H3,(H,14,15);1H/t12-;/m0./s1. The fraction of sp³-hybridized carbons (Fsp3) is 0.917. The summed E-state index contributed by atoms with van der Waals surface area (Å²) in [5.41, 5.74) is 4.87. The van der Waals surface area contributed by atoms with E-state index < -0.39 is 11.5 Å². The van der Waals surface area contributed by atoms with Gasteiger partial charge in [-0.2, -0.15) is 0 Å². The number of aliphatic carboxylic acids is 1. The van der Waals surface area contributed by atoms with Crippen LogP contribution in [0.4, 0.5) is 0 Å². The Morgan fingerprint density at radius 1 is 1.38 bits per heavy atom. The zero-order chi connectivity index (χ0) is 11.3. The molecule has 0 aromatic carbocycles. The lowest BCUT2D eigenvalue weighted by atomic mass is 9.81. The minimum absolute atomic E-state index is 0. The van der Waals surface area contributed by atoms with Gasteiger partial charge in [-0.1, -0.05) is 39.0 Å². The lowest BCUT2D eigenvalue weighted by Crippen LogP contribution is -2.47. The fourth-order valence-electron chi connectivity index (χ4n) is 2.37. The van der Waals surface area contributed by atoms with E-state index in [0.29, 0.717) is 18.8 Å². The van der Waals surface area contributed by atoms with Crippen LogP contribution in [-0.2, 0) is 4.79 Å². The summed E-state index contributed by atoms with van der Waals surface area (Å²) in [6.07, 6.45) is 8.62. The molecule has 1 rings (SSSR count). The van der Waals surface area contributed by atoms with E-state index in [1.54, 1.807) is 0 Å². The molecule has 16 heavy (non-hydrogen) atoms. The van der Waals surface area contributed by atoms with Gasteiger partial charge in [0.2, 0.25) is 0 Å². The molecule has 0 spiro atoms. The first kappa shape index (κ1) is 15.7. The van der Waals surface area contributed by atoms with Gasteiger partial charge in [0.1, 0.15) is 5.54 Å². The van der Waals surface area contributed by atoms with E-state index in [9.17, 15) is 4.79 Å². The molecule has 0 unspecified atom stereocenters. The summed E-state index contributed by atoms with van der Waals surface area (Å²) in [5, 5.41) is 9.04. The number of carbonyl (C=O) groups is 1. The molecule has 0 radical (unpaired) electrons. The van der Waals surface area contributed by atoms with Crippen molar-refractivity contribution < 1.29 is 9.90 Å². The predicted octanol–water partition coefficient (Wildman–Crippen LogP) is 2.96. The minimum Gasteiger partial charge on any atom is -0.480 e. The zero-order valence-corrected chi connectivity index (χ0v) is 10.9. The Bertz CT molecular complexity index is 217. The van der Waals surface area contributed by atoms with Crippen molar-refractivity contribution in [2.75, 3.05) is 0 Å². The van der Waals surface area contributed by atoms with E-state index in [1.165, 1.54) is 32.1 Å². The van der Waals surface area contributed by atoms with Crippen LogP contribution < -0.4 is 5.73 Å². The van der Waals surface area contributed by atoms with E-state index in [1.807, 2.05) is 6.92 Å². The van der Waals surface area contributed by atoms with Crippen molar-refractivity contribution in [1.82, 2.24) is 0 Å². The molecule has 1 aliphatic rings. The highest BCUT2D eigenvalue weighted by atomic mass is 35.5. The second-order valence-electron chi connectivity index (χ2n) is 4.86. The van der Waals surface area contributed by atoms with Gasteiger partial charge in [-0.3, -0.25) is 4.79 Å². The second kappa shape index (κ2) is 7.13. The van der Waals surface area contributed by atoms with Crippen LogP contribution in [0.15, 0.2) is 0 Å². The molecule has 1 fully saturated rings. The normalized spacial score (nSPS) is 20.9. The molecule has 0 heterocycles. The van der Waals surface area contributed by atoms with Crippen molar-refractivity contribution in [1.29, 1.82) is 0 Å². The van der Waals surface area contributed by atoms with Crippen LogP contribution >= 0.6 is 12.4 Å². The lowest BCUT2D eigenvalue weighted by molar-refractivity contribution is -0.143. The molecule has 3 nitrogen and oxygen atoms in total. The average Bonchev–Trinajstić information content (AvgIpc) is 2.27. The highest BCUT2D eigenvalue weighted by Crippen LogP contribution is 2.29. The molecule has 4 heteroatoms. The quantitative estimate of drug-likeness (QED) is 0.788. The maximum absolute atomic E-state index is 11.0. The molecule has 0 bridgehead atoms. The number of hydrogen-bond acceptors (Lipinski definition) is 2. The van der Waals surface area contributed by atoms with Crippen molar-refractivity contribution in [3.05, 3.63) is 0 Å². The van der Waals surface area contributed by atoms with E-state index >= 15 is 0 Å². The van der Waals surface area contributed by atoms with E-state index in [0.717, 1.165) is 6.42 Å². The van der Waals surface area contributed by atoms with Gasteiger partial charge in [0, 0.05) is 0 Å². The van der Waals surface area contributed by atoms with Crippen LogP contribution in [0.3, 0.4) is 0 Å². The highest BCUT2D eigenvalue weighted by Gasteiger charge is 2.32. The number of rotatable bonds is 5. The van der Waals surface area contributed by atoms with Crippen molar-refractivity contribution in [3.8, 4) is 0 Å². The van der Waals surface area contributed by atoms with Gasteiger partial charge >= 0.3 is 5.97 Å². The number of carboxylic acids is 1. The monoisotopic (exact) mass is 249 g/mol. The molecule has 1 aliphatic carbocycles. The molecular formula is C12H24ClNO2. The maximum Gasteiger partial charge on any atom is 0.323 e. The Hall–Kier alpha value is -0.280. The number of nitrogens with two attached hydrogens (primary N) is 1. The van der Waals surface area contributed by atoms with Gasteiger partial charge in [0.15, 0.2) is 0 Å². The first-order chi connectivity index (χ1) is 7.08. The largest absolute Gasteiger partial charge is 0.480 e. The minimum atomic E-state index is -0.989. The average molecular weight is 250 g/mol. The molecule has 0 aromatic heterocycles. The van der Waals surface area contributed by atoms with Gasteiger partial charge < -0.3 is 10.8 Å². The molecule has 96 valence electrons. The van der Waals surface area contributed by atoms with Gasteiger partial charge in [0.05, 0.1) is 0 Å². The van der Waals surface area contributed by atoms with Crippen LogP contribution in [0.25, 0.3) is 0 Å². The van der Waals surface area contributed by atoms with Crippen molar-refractivity contribution in [3.63, 3.8) is 0 Å². The van der Waals surface area contributed by atoms with Crippen molar-refractivity contribution in [2.45, 2.75) is 63.8 Å². The van der Waals surface area contributed by atoms with Crippen LogP contribution in [0.5, 0.6) is 0 Å². The van der Waals surface area contributed by atoms with E-state index in [-0.39, 0.29) is 12.4 Å². The Balaban J connectivity index is 0.00000225. The fourth-order valence-corrected chi connectivity index (χ4v) is 2.37. The summed E-state index contributed by atoms with van der Waals surface area (Å²) in [5.74, 6) is -0.131. The van der Waals surface area contributed by atoms with Crippen molar-refractivity contribution in [2.24, 2.45) is 11.7 Å². The second-order valence-corrected chi connectivity index (χ2v) is 4.86. The molecular weight excluding hydrogens is 226 g/mol. The summed E-state index contributed by atoms with van der Waals surface area (Å²) >= 11 is 0. The molecule has 1 atom stereocenters. The molecule has 3 N–H and O–H groups in total. The summed E-state index contributed by atoms with van der Waals surface area (Å²) in [6.45, 7) is 1.86. The van der Waals surface area contributed by atoms with Crippen LogP contribution in [0.1, 0.15) is 58.3 Å². The molecule has 0 saturated heterocycles. The number of halogens is 1. The number of carboxylic acid groups (broad SMARTS) is 1. The van der Waals surface area contributed by atoms with E-state index in [2.05, 4.69) is 0 Å². The van der Waals surface area contributed by atoms with Gasteiger partial charge in [-0.15, -0.1) is 12.4 Å². The third-order valence-electron chi connectivity index (χ3n) is 3.78. The molecule has 0 aromatic rings. The van der Waals surface area contributed by atoms with Crippen LogP contribution in [0.2, 0.25) is 0 Å². The summed E-state index contributed by atoms with van der Waals surface area (Å²) in [6, 6.07) is 0. The third kappa shape index (κ3) is 4.30. The maximum atomic E-state index is 11.0. The first-order valence-electron chi connectivity index (χ1n) is 6.11. The topological polar surface area (TPSA) is 63.3 Å². The highest BCUT2D eigenvalue weighted by molar-refractivity contribution is 5.85. The Morgan fingerprint density at radius 3 is 2.38 bits per heavy atom. The Kier molecular flexibility index (Phi) is 7.00. The molecule has 0 aliphatic heterocycles. The number of hydrogen-bond donors (Lipinski definition) is 2.